The van der Waals surface area contributed by atoms with E-state index in [1.54, 1.807) is 0 Å². The van der Waals surface area contributed by atoms with Crippen molar-refractivity contribution in [2.45, 2.75) is 117 Å². The number of hydrogen-bond donors (Lipinski definition) is 0. The van der Waals surface area contributed by atoms with Gasteiger partial charge in [0.1, 0.15) is 17.3 Å². The summed E-state index contributed by atoms with van der Waals surface area (Å²) in [5, 5.41) is 2.32. The van der Waals surface area contributed by atoms with Gasteiger partial charge >= 0.3 is 0 Å². The van der Waals surface area contributed by atoms with E-state index in [0.29, 0.717) is 0 Å². The van der Waals surface area contributed by atoms with Crippen LogP contribution in [0.5, 0.6) is 11.5 Å². The van der Waals surface area contributed by atoms with Crippen molar-refractivity contribution in [2.75, 3.05) is 0 Å². The zero-order chi connectivity index (χ0) is 51.7. The Labute approximate surface area is 433 Å². The van der Waals surface area contributed by atoms with Gasteiger partial charge in [-0.05, 0) is 127 Å². The Bertz CT molecular complexity index is 3630. The minimum atomic E-state index is -0.404. The first-order chi connectivity index (χ1) is 34.6. The number of hydrogen-bond acceptors (Lipinski definition) is 2. The quantitative estimate of drug-likeness (QED) is 0.101. The molecule has 7 aromatic carbocycles. The molecular weight excluding hydrogens is 889 g/mol. The van der Waals surface area contributed by atoms with Crippen molar-refractivity contribution in [1.29, 1.82) is 0 Å². The molecule has 0 amide bonds. The second kappa shape index (κ2) is 18.2. The zero-order valence-corrected chi connectivity index (χ0v) is 45.1. The minimum Gasteiger partial charge on any atom is -0.458 e. The molecular formula is C68H70N4O. The molecule has 0 aliphatic rings. The van der Waals surface area contributed by atoms with E-state index >= 15 is 0 Å². The molecule has 0 atom stereocenters. The first-order valence-electron chi connectivity index (χ1n) is 25.8. The topological polar surface area (TPSA) is 35.9 Å². The van der Waals surface area contributed by atoms with Crippen molar-refractivity contribution in [3.63, 3.8) is 0 Å². The van der Waals surface area contributed by atoms with E-state index in [1.165, 1.54) is 44.3 Å². The van der Waals surface area contributed by atoms with Crippen LogP contribution in [0.25, 0.3) is 50.1 Å². The summed E-state index contributed by atoms with van der Waals surface area (Å²) >= 11 is 0. The standard InChI is InChI=1S/C68H70N4O/c1-64(2,3)50-33-34-69-63(41-50)72-60-32-29-51(67(10,11)48-25-19-15-20-26-48)40-59(60)58-31-30-56(43-61(58)72)73-57-39-53(66(7,8)9)38-55(42-57)71-45-70(44-62(71)68(12,13)49-27-21-16-22-28-49)54-36-47(46-23-17-14-18-24-46)35-52(37-54)65(4,5)6/h14-44H,1-13H3. The summed E-state index contributed by atoms with van der Waals surface area (Å²) in [6.45, 7) is 29.7. The molecule has 0 radical (unpaired) electrons. The van der Waals surface area contributed by atoms with Gasteiger partial charge in [-0.15, -0.1) is 0 Å². The molecule has 0 unspecified atom stereocenters. The van der Waals surface area contributed by atoms with Gasteiger partial charge in [-0.2, -0.15) is 0 Å². The highest BCUT2D eigenvalue weighted by atomic mass is 16.5. The van der Waals surface area contributed by atoms with Crippen LogP contribution in [-0.2, 0) is 27.1 Å². The summed E-state index contributed by atoms with van der Waals surface area (Å²) in [6, 6.07) is 63.8. The van der Waals surface area contributed by atoms with Crippen LogP contribution >= 0.6 is 0 Å². The van der Waals surface area contributed by atoms with Crippen LogP contribution in [0.1, 0.15) is 129 Å². The molecule has 73 heavy (non-hydrogen) atoms. The average molecular weight is 959 g/mol. The summed E-state index contributed by atoms with van der Waals surface area (Å²) in [6.07, 6.45) is 8.11. The second-order valence-electron chi connectivity index (χ2n) is 24.2. The summed E-state index contributed by atoms with van der Waals surface area (Å²) in [5.41, 5.74) is 14.1. The van der Waals surface area contributed by atoms with E-state index in [1.807, 2.05) is 6.20 Å². The van der Waals surface area contributed by atoms with E-state index in [0.717, 1.165) is 56.4 Å². The van der Waals surface area contributed by atoms with Gasteiger partial charge in [0, 0.05) is 40.1 Å². The van der Waals surface area contributed by atoms with Crippen molar-refractivity contribution in [2.24, 2.45) is 0 Å². The molecule has 5 nitrogen and oxygen atoms in total. The van der Waals surface area contributed by atoms with E-state index in [-0.39, 0.29) is 21.7 Å². The fraction of sp³-hybridized carbons (Fsp3) is 0.265. The molecule has 0 bridgehead atoms. The lowest BCUT2D eigenvalue weighted by Crippen LogP contribution is -2.29. The van der Waals surface area contributed by atoms with Gasteiger partial charge < -0.3 is 4.74 Å². The lowest BCUT2D eigenvalue weighted by molar-refractivity contribution is -0.599. The van der Waals surface area contributed by atoms with Crippen LogP contribution in [-0.4, -0.2) is 14.1 Å². The highest BCUT2D eigenvalue weighted by Crippen LogP contribution is 2.42. The number of rotatable bonds is 10. The molecule has 0 aliphatic carbocycles. The van der Waals surface area contributed by atoms with Crippen LogP contribution in [0.4, 0.5) is 0 Å². The SMILES string of the molecule is CC(C)(C)c1cc(Oc2ccc3c4cc(C(C)(C)c5ccccc5)ccc4n(-c4cc(C(C)(C)C)ccn4)c3c2)cc(-n2[c-][n+](-c3cc(-c4ccccc4)cc(C(C)(C)C)c3)cc2C(C)(C)c2ccccc2)c1. The first-order valence-corrected chi connectivity index (χ1v) is 25.8. The molecule has 0 fully saturated rings. The summed E-state index contributed by atoms with van der Waals surface area (Å²) in [5.74, 6) is 2.38. The van der Waals surface area contributed by atoms with E-state index in [4.69, 9.17) is 9.72 Å². The van der Waals surface area contributed by atoms with Gasteiger partial charge in [-0.1, -0.05) is 193 Å². The van der Waals surface area contributed by atoms with Crippen LogP contribution in [0.3, 0.4) is 0 Å². The summed E-state index contributed by atoms with van der Waals surface area (Å²) < 4.78 is 13.9. The van der Waals surface area contributed by atoms with Crippen molar-refractivity contribution >= 4 is 21.8 Å². The Hall–Kier alpha value is -7.50. The lowest BCUT2D eigenvalue weighted by Gasteiger charge is -2.28. The number of nitrogens with zero attached hydrogens (tertiary/aromatic N) is 4. The summed E-state index contributed by atoms with van der Waals surface area (Å²) in [7, 11) is 0. The van der Waals surface area contributed by atoms with Gasteiger partial charge in [0.15, 0.2) is 0 Å². The largest absolute Gasteiger partial charge is 0.458 e. The Morgan fingerprint density at radius 1 is 0.438 bits per heavy atom. The molecule has 3 aromatic heterocycles. The normalized spacial score (nSPS) is 12.7. The fourth-order valence-corrected chi connectivity index (χ4v) is 10.2. The molecule has 10 aromatic rings. The maximum absolute atomic E-state index is 7.14. The van der Waals surface area contributed by atoms with Crippen molar-refractivity contribution in [3.8, 4) is 39.8 Å². The highest BCUT2D eigenvalue weighted by molar-refractivity contribution is 6.10. The number of aromatic nitrogens is 4. The molecule has 5 heteroatoms. The summed E-state index contributed by atoms with van der Waals surface area (Å²) in [4.78, 5) is 5.04. The van der Waals surface area contributed by atoms with Crippen LogP contribution in [0, 0.1) is 6.33 Å². The second-order valence-corrected chi connectivity index (χ2v) is 24.2. The number of fused-ring (bicyclic) bond motifs is 3. The Morgan fingerprint density at radius 3 is 1.70 bits per heavy atom. The van der Waals surface area contributed by atoms with E-state index < -0.39 is 5.41 Å². The fourth-order valence-electron chi connectivity index (χ4n) is 10.2. The number of benzene rings is 7. The predicted molar refractivity (Wildman–Crippen MR) is 303 cm³/mol. The lowest BCUT2D eigenvalue weighted by atomic mass is 9.78. The monoisotopic (exact) mass is 959 g/mol. The molecule has 0 aliphatic heterocycles. The molecule has 3 heterocycles. The molecule has 0 saturated carbocycles. The van der Waals surface area contributed by atoms with Crippen molar-refractivity contribution < 1.29 is 9.30 Å². The maximum Gasteiger partial charge on any atom is 0.269 e. The smallest absolute Gasteiger partial charge is 0.269 e. The third-order valence-electron chi connectivity index (χ3n) is 15.1. The minimum absolute atomic E-state index is 0.0540. The zero-order valence-electron chi connectivity index (χ0n) is 45.1. The number of pyridine rings is 1. The predicted octanol–water partition coefficient (Wildman–Crippen LogP) is 17.0. The van der Waals surface area contributed by atoms with Gasteiger partial charge in [-0.3, -0.25) is 13.7 Å². The molecule has 0 spiro atoms. The van der Waals surface area contributed by atoms with E-state index in [2.05, 4.69) is 292 Å². The third kappa shape index (κ3) is 9.54. The highest BCUT2D eigenvalue weighted by Gasteiger charge is 2.31. The Kier molecular flexibility index (Phi) is 12.2. The number of ether oxygens (including phenoxy) is 1. The number of imidazole rings is 1. The molecule has 368 valence electrons. The average Bonchev–Trinajstić information content (AvgIpc) is 3.97. The van der Waals surface area contributed by atoms with Crippen molar-refractivity contribution in [3.05, 3.63) is 234 Å². The van der Waals surface area contributed by atoms with E-state index in [9.17, 15) is 0 Å². The molecule has 10 rings (SSSR count). The Morgan fingerprint density at radius 2 is 1.05 bits per heavy atom. The van der Waals surface area contributed by atoms with Crippen molar-refractivity contribution in [1.82, 2.24) is 14.1 Å². The molecule has 0 N–H and O–H groups in total. The molecule has 0 saturated heterocycles. The van der Waals surface area contributed by atoms with Gasteiger partial charge in [-0.25, -0.2) is 4.98 Å². The Balaban J connectivity index is 1.14. The van der Waals surface area contributed by atoms with Crippen LogP contribution < -0.4 is 9.30 Å². The van der Waals surface area contributed by atoms with Gasteiger partial charge in [0.2, 0.25) is 0 Å². The van der Waals surface area contributed by atoms with Gasteiger partial charge in [0.05, 0.1) is 28.1 Å². The maximum atomic E-state index is 7.14. The first kappa shape index (κ1) is 49.1. The van der Waals surface area contributed by atoms with Crippen LogP contribution in [0.2, 0.25) is 0 Å². The van der Waals surface area contributed by atoms with Gasteiger partial charge in [0.25, 0.3) is 6.33 Å². The van der Waals surface area contributed by atoms with Crippen LogP contribution in [0.15, 0.2) is 188 Å². The third-order valence-corrected chi connectivity index (χ3v) is 15.1.